The molecular weight excluding hydrogens is 220 g/mol. The molecule has 0 aliphatic heterocycles. The Hall–Kier alpha value is -1.03. The fraction of sp³-hybridized carbons (Fsp3) is 0.111. The van der Waals surface area contributed by atoms with E-state index >= 15 is 0 Å². The van der Waals surface area contributed by atoms with E-state index in [0.717, 1.165) is 18.2 Å². The van der Waals surface area contributed by atoms with Gasteiger partial charge in [0.15, 0.2) is 0 Å². The molecule has 1 aromatic rings. The molecule has 0 heterocycles. The zero-order valence-corrected chi connectivity index (χ0v) is 7.53. The van der Waals surface area contributed by atoms with Crippen LogP contribution in [0.5, 0.6) is 0 Å². The van der Waals surface area contributed by atoms with E-state index in [1.807, 2.05) is 0 Å². The molecule has 0 bridgehead atoms. The summed E-state index contributed by atoms with van der Waals surface area (Å²) in [4.78, 5) is 0. The molecular formula is C9H5ClF4. The van der Waals surface area contributed by atoms with Crippen molar-refractivity contribution in [2.75, 3.05) is 0 Å². The van der Waals surface area contributed by atoms with Crippen molar-refractivity contribution < 1.29 is 17.6 Å². The van der Waals surface area contributed by atoms with Crippen LogP contribution in [-0.4, -0.2) is 6.18 Å². The van der Waals surface area contributed by atoms with Crippen LogP contribution in [0.2, 0.25) is 0 Å². The zero-order valence-electron chi connectivity index (χ0n) is 6.78. The van der Waals surface area contributed by atoms with Gasteiger partial charge >= 0.3 is 6.18 Å². The Labute approximate surface area is 82.8 Å². The molecule has 0 N–H and O–H groups in total. The quantitative estimate of drug-likeness (QED) is 0.633. The first kappa shape index (κ1) is 11.0. The lowest BCUT2D eigenvalue weighted by molar-refractivity contribution is -0.0836. The molecule has 0 radical (unpaired) electrons. The predicted molar refractivity (Wildman–Crippen MR) is 46.3 cm³/mol. The summed E-state index contributed by atoms with van der Waals surface area (Å²) in [6.45, 7) is 0. The van der Waals surface area contributed by atoms with Crippen molar-refractivity contribution in [1.82, 2.24) is 0 Å². The van der Waals surface area contributed by atoms with Crippen molar-refractivity contribution in [3.8, 4) is 0 Å². The maximum absolute atomic E-state index is 12.4. The topological polar surface area (TPSA) is 0 Å². The number of benzene rings is 1. The van der Waals surface area contributed by atoms with E-state index in [1.54, 1.807) is 0 Å². The first-order valence-electron chi connectivity index (χ1n) is 3.59. The molecule has 0 spiro atoms. The van der Waals surface area contributed by atoms with Gasteiger partial charge in [0.2, 0.25) is 0 Å². The molecule has 0 aliphatic carbocycles. The number of hydrogen-bond donors (Lipinski definition) is 0. The number of alkyl halides is 3. The van der Waals surface area contributed by atoms with Gasteiger partial charge in [0, 0.05) is 0 Å². The number of hydrogen-bond acceptors (Lipinski definition) is 0. The molecule has 1 rings (SSSR count). The minimum atomic E-state index is -4.56. The van der Waals surface area contributed by atoms with Crippen LogP contribution in [0, 0.1) is 5.82 Å². The Balaban J connectivity index is 2.93. The summed E-state index contributed by atoms with van der Waals surface area (Å²) in [5.74, 6) is -0.509. The third-order valence-electron chi connectivity index (χ3n) is 1.43. The van der Waals surface area contributed by atoms with Gasteiger partial charge in [0.05, 0.1) is 0 Å². The van der Waals surface area contributed by atoms with E-state index in [-0.39, 0.29) is 5.56 Å². The minimum absolute atomic E-state index is 0.203. The van der Waals surface area contributed by atoms with Gasteiger partial charge in [-0.1, -0.05) is 23.7 Å². The molecule has 0 amide bonds. The summed E-state index contributed by atoms with van der Waals surface area (Å²) in [6.07, 6.45) is -3.82. The Bertz CT molecular complexity index is 337. The highest BCUT2D eigenvalue weighted by molar-refractivity contribution is 6.32. The molecule has 0 fully saturated rings. The molecule has 1 aromatic carbocycles. The van der Waals surface area contributed by atoms with Crippen LogP contribution >= 0.6 is 11.6 Å². The van der Waals surface area contributed by atoms with Crippen LogP contribution in [0.1, 0.15) is 5.56 Å². The maximum Gasteiger partial charge on any atom is 0.426 e. The van der Waals surface area contributed by atoms with Gasteiger partial charge in [-0.3, -0.25) is 0 Å². The van der Waals surface area contributed by atoms with E-state index in [4.69, 9.17) is 11.6 Å². The van der Waals surface area contributed by atoms with Crippen molar-refractivity contribution in [2.45, 2.75) is 6.18 Å². The standard InChI is InChI=1S/C9H5ClF4/c10-8(9(12,13)14)5-6-1-3-7(11)4-2-6/h1-5H/b8-5-. The van der Waals surface area contributed by atoms with Crippen LogP contribution in [-0.2, 0) is 0 Å². The van der Waals surface area contributed by atoms with E-state index in [9.17, 15) is 17.6 Å². The monoisotopic (exact) mass is 224 g/mol. The molecule has 0 unspecified atom stereocenters. The number of allylic oxidation sites excluding steroid dienone is 1. The molecule has 14 heavy (non-hydrogen) atoms. The molecule has 76 valence electrons. The van der Waals surface area contributed by atoms with Crippen molar-refractivity contribution in [2.24, 2.45) is 0 Å². The van der Waals surface area contributed by atoms with Gasteiger partial charge in [-0.25, -0.2) is 4.39 Å². The highest BCUT2D eigenvalue weighted by Gasteiger charge is 2.32. The van der Waals surface area contributed by atoms with E-state index in [0.29, 0.717) is 0 Å². The highest BCUT2D eigenvalue weighted by atomic mass is 35.5. The van der Waals surface area contributed by atoms with Crippen LogP contribution in [0.15, 0.2) is 29.3 Å². The summed E-state index contributed by atoms with van der Waals surface area (Å²) in [5, 5.41) is -1.23. The second kappa shape index (κ2) is 4.00. The molecule has 0 atom stereocenters. The molecule has 5 heteroatoms. The Kier molecular flexibility index (Phi) is 3.16. The lowest BCUT2D eigenvalue weighted by Crippen LogP contribution is -2.06. The second-order valence-corrected chi connectivity index (χ2v) is 2.95. The van der Waals surface area contributed by atoms with Crippen LogP contribution < -0.4 is 0 Å². The lowest BCUT2D eigenvalue weighted by atomic mass is 10.2. The molecule has 0 aromatic heterocycles. The second-order valence-electron chi connectivity index (χ2n) is 2.54. The molecule has 0 saturated heterocycles. The fourth-order valence-electron chi connectivity index (χ4n) is 0.787. The minimum Gasteiger partial charge on any atom is -0.207 e. The smallest absolute Gasteiger partial charge is 0.207 e. The molecule has 0 aliphatic rings. The maximum atomic E-state index is 12.4. The highest BCUT2D eigenvalue weighted by Crippen LogP contribution is 2.30. The van der Waals surface area contributed by atoms with Crippen molar-refractivity contribution >= 4 is 17.7 Å². The van der Waals surface area contributed by atoms with Crippen molar-refractivity contribution in [3.63, 3.8) is 0 Å². The van der Waals surface area contributed by atoms with E-state index < -0.39 is 17.0 Å². The van der Waals surface area contributed by atoms with Gasteiger partial charge in [-0.15, -0.1) is 0 Å². The number of rotatable bonds is 1. The van der Waals surface area contributed by atoms with Crippen LogP contribution in [0.4, 0.5) is 17.6 Å². The Morgan fingerprint density at radius 1 is 1.14 bits per heavy atom. The van der Waals surface area contributed by atoms with Gasteiger partial charge < -0.3 is 0 Å². The van der Waals surface area contributed by atoms with Crippen LogP contribution in [0.25, 0.3) is 6.08 Å². The Morgan fingerprint density at radius 2 is 1.64 bits per heavy atom. The summed E-state index contributed by atoms with van der Waals surface area (Å²) in [7, 11) is 0. The lowest BCUT2D eigenvalue weighted by Gasteiger charge is -2.03. The third kappa shape index (κ3) is 3.03. The third-order valence-corrected chi connectivity index (χ3v) is 1.76. The van der Waals surface area contributed by atoms with Gasteiger partial charge in [0.25, 0.3) is 0 Å². The van der Waals surface area contributed by atoms with Gasteiger partial charge in [-0.05, 0) is 23.8 Å². The predicted octanol–water partition coefficient (Wildman–Crippen LogP) is 3.97. The van der Waals surface area contributed by atoms with Gasteiger partial charge in [-0.2, -0.15) is 13.2 Å². The average Bonchev–Trinajstić information content (AvgIpc) is 2.07. The summed E-state index contributed by atoms with van der Waals surface area (Å²) in [5.41, 5.74) is 0.203. The summed E-state index contributed by atoms with van der Waals surface area (Å²) in [6, 6.07) is 4.55. The first-order valence-corrected chi connectivity index (χ1v) is 3.97. The molecule has 0 nitrogen and oxygen atoms in total. The molecule has 0 saturated carbocycles. The van der Waals surface area contributed by atoms with E-state index in [2.05, 4.69) is 0 Å². The van der Waals surface area contributed by atoms with Gasteiger partial charge in [0.1, 0.15) is 10.8 Å². The summed E-state index contributed by atoms with van der Waals surface area (Å²) >= 11 is 4.97. The Morgan fingerprint density at radius 3 is 2.07 bits per heavy atom. The largest absolute Gasteiger partial charge is 0.426 e. The van der Waals surface area contributed by atoms with E-state index in [1.165, 1.54) is 12.1 Å². The first-order chi connectivity index (χ1) is 6.39. The number of halogens is 5. The van der Waals surface area contributed by atoms with Crippen LogP contribution in [0.3, 0.4) is 0 Å². The SMILES string of the molecule is Fc1ccc(/C=C(\Cl)C(F)(F)F)cc1. The zero-order chi connectivity index (χ0) is 10.8. The van der Waals surface area contributed by atoms with Crippen molar-refractivity contribution in [3.05, 3.63) is 40.7 Å². The summed E-state index contributed by atoms with van der Waals surface area (Å²) < 4.78 is 48.2. The normalized spacial score (nSPS) is 13.1. The van der Waals surface area contributed by atoms with Crippen molar-refractivity contribution in [1.29, 1.82) is 0 Å². The average molecular weight is 225 g/mol. The fourth-order valence-corrected chi connectivity index (χ4v) is 0.913.